The Morgan fingerprint density at radius 3 is 2.89 bits per heavy atom. The number of ether oxygens (including phenoxy) is 1. The molecule has 1 spiro atoms. The van der Waals surface area contributed by atoms with Crippen LogP contribution in [0.4, 0.5) is 5.69 Å². The zero-order valence-corrected chi connectivity index (χ0v) is 15.5. The van der Waals surface area contributed by atoms with Gasteiger partial charge in [-0.05, 0) is 56.6 Å². The quantitative estimate of drug-likeness (QED) is 0.764. The van der Waals surface area contributed by atoms with Gasteiger partial charge in [0.05, 0.1) is 11.7 Å². The van der Waals surface area contributed by atoms with Crippen LogP contribution in [0.1, 0.15) is 48.9 Å². The van der Waals surface area contributed by atoms with Crippen LogP contribution in [0, 0.1) is 17.8 Å². The number of fused-ring (bicyclic) bond motifs is 3. The van der Waals surface area contributed by atoms with Crippen LogP contribution in [-0.4, -0.2) is 36.7 Å². The SMILES string of the molecule is O=C1N[C@@]2(C[C@H]3CC[C@H]2C[C@H]3C(=O)NC[C@H]2CCCO2)Nc2ccccc21. The van der Waals surface area contributed by atoms with E-state index in [1.807, 2.05) is 24.3 Å². The number of rotatable bonds is 3. The molecule has 6 heteroatoms. The Kier molecular flexibility index (Phi) is 4.11. The first kappa shape index (κ1) is 17.0. The van der Waals surface area contributed by atoms with Gasteiger partial charge in [-0.15, -0.1) is 0 Å². The lowest BCUT2D eigenvalue weighted by molar-refractivity contribution is -0.132. The zero-order valence-electron chi connectivity index (χ0n) is 15.5. The van der Waals surface area contributed by atoms with Crippen LogP contribution < -0.4 is 16.0 Å². The number of amides is 2. The van der Waals surface area contributed by atoms with Gasteiger partial charge in [0.25, 0.3) is 5.91 Å². The Morgan fingerprint density at radius 2 is 2.11 bits per heavy atom. The van der Waals surface area contributed by atoms with Crippen molar-refractivity contribution in [3.8, 4) is 0 Å². The van der Waals surface area contributed by atoms with Crippen LogP contribution in [-0.2, 0) is 9.53 Å². The molecule has 3 saturated carbocycles. The van der Waals surface area contributed by atoms with Crippen molar-refractivity contribution in [3.63, 3.8) is 0 Å². The molecule has 3 N–H and O–H groups in total. The molecule has 5 atom stereocenters. The van der Waals surface area contributed by atoms with E-state index in [2.05, 4.69) is 16.0 Å². The number of carbonyl (C=O) groups excluding carboxylic acids is 2. The minimum atomic E-state index is -0.403. The standard InChI is InChI=1S/C21H27N3O3/c25-19(22-12-15-4-3-9-27-15)17-10-14-8-7-13(17)11-21(14)23-18-6-2-1-5-16(18)20(26)24-21/h1-2,5-6,13-15,17,23H,3-4,7-12H2,(H,22,25)(H,24,26)/t13-,14+,15-,17-,21-/m1/s1. The van der Waals surface area contributed by atoms with Crippen molar-refractivity contribution in [2.45, 2.75) is 50.3 Å². The number of nitrogens with one attached hydrogen (secondary N) is 3. The van der Waals surface area contributed by atoms with Gasteiger partial charge in [0.1, 0.15) is 5.66 Å². The van der Waals surface area contributed by atoms with E-state index in [1.54, 1.807) is 0 Å². The Balaban J connectivity index is 1.29. The molecular formula is C21H27N3O3. The third-order valence-corrected chi connectivity index (χ3v) is 7.01. The van der Waals surface area contributed by atoms with E-state index < -0.39 is 5.66 Å². The average molecular weight is 369 g/mol. The number of anilines is 1. The van der Waals surface area contributed by atoms with E-state index in [4.69, 9.17) is 4.74 Å². The highest BCUT2D eigenvalue weighted by Gasteiger charge is 2.55. The highest BCUT2D eigenvalue weighted by molar-refractivity contribution is 6.02. The first-order chi connectivity index (χ1) is 13.1. The highest BCUT2D eigenvalue weighted by Crippen LogP contribution is 2.51. The largest absolute Gasteiger partial charge is 0.376 e. The van der Waals surface area contributed by atoms with E-state index in [1.165, 1.54) is 0 Å². The van der Waals surface area contributed by atoms with Gasteiger partial charge in [0.15, 0.2) is 0 Å². The highest BCUT2D eigenvalue weighted by atomic mass is 16.5. The molecule has 1 aromatic rings. The smallest absolute Gasteiger partial charge is 0.255 e. The molecule has 0 unspecified atom stereocenters. The van der Waals surface area contributed by atoms with Crippen molar-refractivity contribution >= 4 is 17.5 Å². The number of hydrogen-bond acceptors (Lipinski definition) is 4. The first-order valence-corrected chi connectivity index (χ1v) is 10.2. The minimum absolute atomic E-state index is 0.00344. The van der Waals surface area contributed by atoms with Gasteiger partial charge in [-0.2, -0.15) is 0 Å². The fraction of sp³-hybridized carbons (Fsp3) is 0.619. The summed E-state index contributed by atoms with van der Waals surface area (Å²) in [6.07, 6.45) is 6.06. The second kappa shape index (κ2) is 6.51. The summed E-state index contributed by atoms with van der Waals surface area (Å²) in [6.45, 7) is 1.43. The van der Waals surface area contributed by atoms with Gasteiger partial charge in [-0.3, -0.25) is 9.59 Å². The second-order valence-corrected chi connectivity index (χ2v) is 8.56. The van der Waals surface area contributed by atoms with Crippen LogP contribution in [0.5, 0.6) is 0 Å². The molecule has 1 saturated heterocycles. The molecule has 144 valence electrons. The molecule has 1 aromatic carbocycles. The molecule has 2 heterocycles. The average Bonchev–Trinajstić information content (AvgIpc) is 3.20. The predicted octanol–water partition coefficient (Wildman–Crippen LogP) is 2.27. The van der Waals surface area contributed by atoms with Gasteiger partial charge >= 0.3 is 0 Å². The fourth-order valence-corrected chi connectivity index (χ4v) is 5.62. The maximum Gasteiger partial charge on any atom is 0.255 e. The maximum absolute atomic E-state index is 12.8. The molecule has 2 aliphatic heterocycles. The van der Waals surface area contributed by atoms with Crippen LogP contribution in [0.25, 0.3) is 0 Å². The molecular weight excluding hydrogens is 342 g/mol. The summed E-state index contributed by atoms with van der Waals surface area (Å²) >= 11 is 0. The summed E-state index contributed by atoms with van der Waals surface area (Å²) in [5.74, 6) is 0.788. The van der Waals surface area contributed by atoms with Crippen molar-refractivity contribution in [1.82, 2.24) is 10.6 Å². The van der Waals surface area contributed by atoms with E-state index in [9.17, 15) is 9.59 Å². The number of benzene rings is 1. The summed E-state index contributed by atoms with van der Waals surface area (Å²) in [7, 11) is 0. The minimum Gasteiger partial charge on any atom is -0.376 e. The lowest BCUT2D eigenvalue weighted by Crippen LogP contribution is -2.68. The molecule has 6 nitrogen and oxygen atoms in total. The second-order valence-electron chi connectivity index (χ2n) is 8.56. The molecule has 0 aromatic heterocycles. The maximum atomic E-state index is 12.8. The Bertz CT molecular complexity index is 761. The van der Waals surface area contributed by atoms with E-state index >= 15 is 0 Å². The summed E-state index contributed by atoms with van der Waals surface area (Å²) in [4.78, 5) is 25.5. The van der Waals surface area contributed by atoms with Crippen LogP contribution in [0.2, 0.25) is 0 Å². The molecule has 6 rings (SSSR count). The summed E-state index contributed by atoms with van der Waals surface area (Å²) in [5.41, 5.74) is 1.21. The van der Waals surface area contributed by atoms with E-state index in [0.717, 1.165) is 50.8 Å². The third kappa shape index (κ3) is 2.90. The van der Waals surface area contributed by atoms with Crippen LogP contribution in [0.15, 0.2) is 24.3 Å². The fourth-order valence-electron chi connectivity index (χ4n) is 5.62. The summed E-state index contributed by atoms with van der Waals surface area (Å²) in [6, 6.07) is 7.68. The van der Waals surface area contributed by atoms with E-state index in [-0.39, 0.29) is 29.8 Å². The van der Waals surface area contributed by atoms with Crippen molar-refractivity contribution in [1.29, 1.82) is 0 Å². The molecule has 27 heavy (non-hydrogen) atoms. The summed E-state index contributed by atoms with van der Waals surface area (Å²) < 4.78 is 5.62. The van der Waals surface area contributed by atoms with E-state index in [0.29, 0.717) is 18.0 Å². The van der Waals surface area contributed by atoms with Crippen molar-refractivity contribution in [3.05, 3.63) is 29.8 Å². The van der Waals surface area contributed by atoms with Gasteiger partial charge in [-0.25, -0.2) is 0 Å². The Hall–Kier alpha value is -2.08. The van der Waals surface area contributed by atoms with Gasteiger partial charge in [-0.1, -0.05) is 12.1 Å². The Morgan fingerprint density at radius 1 is 1.22 bits per heavy atom. The lowest BCUT2D eigenvalue weighted by Gasteiger charge is -2.56. The Labute approximate surface area is 159 Å². The molecule has 2 bridgehead atoms. The van der Waals surface area contributed by atoms with Gasteiger partial charge < -0.3 is 20.7 Å². The number of hydrogen-bond donors (Lipinski definition) is 3. The molecule has 5 aliphatic rings. The first-order valence-electron chi connectivity index (χ1n) is 10.2. The van der Waals surface area contributed by atoms with Crippen LogP contribution in [0.3, 0.4) is 0 Å². The normalized spacial score (nSPS) is 36.8. The van der Waals surface area contributed by atoms with Crippen LogP contribution >= 0.6 is 0 Å². The van der Waals surface area contributed by atoms with Crippen molar-refractivity contribution in [2.75, 3.05) is 18.5 Å². The van der Waals surface area contributed by atoms with Gasteiger partial charge in [0, 0.05) is 30.7 Å². The topological polar surface area (TPSA) is 79.5 Å². The molecule has 3 aliphatic carbocycles. The molecule has 0 radical (unpaired) electrons. The monoisotopic (exact) mass is 369 g/mol. The van der Waals surface area contributed by atoms with Crippen molar-refractivity contribution < 1.29 is 14.3 Å². The number of para-hydroxylation sites is 1. The zero-order chi connectivity index (χ0) is 18.4. The summed E-state index contributed by atoms with van der Waals surface area (Å²) in [5, 5.41) is 10.0. The number of carbonyl (C=O) groups is 2. The van der Waals surface area contributed by atoms with Crippen molar-refractivity contribution in [2.24, 2.45) is 17.8 Å². The molecule has 2 amide bonds. The predicted molar refractivity (Wildman–Crippen MR) is 101 cm³/mol. The lowest BCUT2D eigenvalue weighted by atomic mass is 9.58. The third-order valence-electron chi connectivity index (χ3n) is 7.01. The van der Waals surface area contributed by atoms with Gasteiger partial charge in [0.2, 0.25) is 5.91 Å². The molecule has 4 fully saturated rings.